The van der Waals surface area contributed by atoms with Gasteiger partial charge in [-0.1, -0.05) is 0 Å². The highest BCUT2D eigenvalue weighted by Gasteiger charge is 2.42. The van der Waals surface area contributed by atoms with Gasteiger partial charge in [-0.2, -0.15) is 0 Å². The molecule has 2 nitrogen and oxygen atoms in total. The molecule has 0 saturated carbocycles. The van der Waals surface area contributed by atoms with Gasteiger partial charge in [0.25, 0.3) is 5.92 Å². The third-order valence-electron chi connectivity index (χ3n) is 1.19. The molecule has 0 bridgehead atoms. The van der Waals surface area contributed by atoms with Crippen LogP contribution in [0.2, 0.25) is 0 Å². The number of β-amino-alcohol motifs (C(OH)–C–C–N with tert-alkyl or cyclic N) is 1. The maximum Gasteiger partial charge on any atom is 0.286 e. The fourth-order valence-corrected chi connectivity index (χ4v) is 0.643. The smallest absolute Gasteiger partial charge is 0.286 e. The second kappa shape index (κ2) is 1.63. The van der Waals surface area contributed by atoms with E-state index in [-0.39, 0.29) is 6.54 Å². The van der Waals surface area contributed by atoms with Gasteiger partial charge in [0.1, 0.15) is 6.10 Å². The number of aliphatic hydroxyl groups excluding tert-OH is 1. The molecule has 1 heterocycles. The van der Waals surface area contributed by atoms with Crippen molar-refractivity contribution < 1.29 is 13.9 Å². The van der Waals surface area contributed by atoms with E-state index in [1.54, 1.807) is 0 Å². The van der Waals surface area contributed by atoms with Crippen LogP contribution in [0.25, 0.3) is 0 Å². The van der Waals surface area contributed by atoms with Crippen LogP contribution in [-0.4, -0.2) is 30.2 Å². The number of nitrogens with one attached hydrogen (secondary N) is 1. The number of aliphatic hydroxyl groups is 1. The molecule has 1 unspecified atom stereocenters. The summed E-state index contributed by atoms with van der Waals surface area (Å²) in [6.07, 6.45) is -1.48. The summed E-state index contributed by atoms with van der Waals surface area (Å²) in [6, 6.07) is 0. The molecule has 48 valence electrons. The topological polar surface area (TPSA) is 32.3 Å². The Kier molecular flexibility index (Phi) is 1.21. The summed E-state index contributed by atoms with van der Waals surface area (Å²) in [5.74, 6) is -2.90. The van der Waals surface area contributed by atoms with Crippen molar-refractivity contribution >= 4 is 0 Å². The van der Waals surface area contributed by atoms with Gasteiger partial charge in [0.15, 0.2) is 0 Å². The van der Waals surface area contributed by atoms with Crippen LogP contribution < -0.4 is 5.32 Å². The van der Waals surface area contributed by atoms with E-state index < -0.39 is 18.6 Å². The Morgan fingerprint density at radius 1 is 1.62 bits per heavy atom. The van der Waals surface area contributed by atoms with Crippen LogP contribution in [-0.2, 0) is 0 Å². The molecule has 1 aliphatic heterocycles. The summed E-state index contributed by atoms with van der Waals surface area (Å²) < 4.78 is 24.1. The highest BCUT2D eigenvalue weighted by Crippen LogP contribution is 2.20. The van der Waals surface area contributed by atoms with Gasteiger partial charge in [0, 0.05) is 6.54 Å². The predicted molar refractivity (Wildman–Crippen MR) is 23.8 cm³/mol. The van der Waals surface area contributed by atoms with E-state index in [1.807, 2.05) is 0 Å². The lowest BCUT2D eigenvalue weighted by molar-refractivity contribution is -0.0714. The van der Waals surface area contributed by atoms with Crippen molar-refractivity contribution in [3.05, 3.63) is 0 Å². The average molecular weight is 123 g/mol. The van der Waals surface area contributed by atoms with Gasteiger partial charge < -0.3 is 10.4 Å². The fraction of sp³-hybridized carbons (Fsp3) is 1.00. The van der Waals surface area contributed by atoms with E-state index in [9.17, 15) is 8.78 Å². The molecule has 1 rings (SSSR count). The summed E-state index contributed by atoms with van der Waals surface area (Å²) in [5, 5.41) is 10.8. The Bertz CT molecular complexity index is 96.0. The molecule has 0 aromatic rings. The SMILES string of the molecule is OC1CNCC1(F)F. The molecule has 0 aliphatic carbocycles. The van der Waals surface area contributed by atoms with Gasteiger partial charge >= 0.3 is 0 Å². The molecule has 1 fully saturated rings. The van der Waals surface area contributed by atoms with Crippen molar-refractivity contribution in [2.45, 2.75) is 12.0 Å². The summed E-state index contributed by atoms with van der Waals surface area (Å²) >= 11 is 0. The number of rotatable bonds is 0. The Morgan fingerprint density at radius 2 is 2.25 bits per heavy atom. The average Bonchev–Trinajstić information content (AvgIpc) is 1.86. The number of halogens is 2. The van der Waals surface area contributed by atoms with Crippen LogP contribution in [0.5, 0.6) is 0 Å². The Morgan fingerprint density at radius 3 is 2.38 bits per heavy atom. The summed E-state index contributed by atoms with van der Waals surface area (Å²) in [5.41, 5.74) is 0. The standard InChI is InChI=1S/C4H7F2NO/c5-4(6)2-7-1-3(4)8/h3,7-8H,1-2H2. The van der Waals surface area contributed by atoms with Gasteiger partial charge in [-0.05, 0) is 0 Å². The number of hydrogen-bond acceptors (Lipinski definition) is 2. The number of alkyl halides is 2. The minimum Gasteiger partial charge on any atom is -0.385 e. The lowest BCUT2D eigenvalue weighted by Gasteiger charge is -2.09. The van der Waals surface area contributed by atoms with E-state index in [2.05, 4.69) is 5.32 Å². The fourth-order valence-electron chi connectivity index (χ4n) is 0.643. The zero-order chi connectivity index (χ0) is 6.20. The first-order chi connectivity index (χ1) is 3.63. The summed E-state index contributed by atoms with van der Waals surface area (Å²) in [6.45, 7) is -0.388. The monoisotopic (exact) mass is 123 g/mol. The third kappa shape index (κ3) is 0.809. The minimum absolute atomic E-state index is 0.00694. The first-order valence-electron chi connectivity index (χ1n) is 2.39. The van der Waals surface area contributed by atoms with Crippen LogP contribution in [0.4, 0.5) is 8.78 Å². The van der Waals surface area contributed by atoms with E-state index in [0.29, 0.717) is 0 Å². The van der Waals surface area contributed by atoms with Crippen molar-refractivity contribution in [3.8, 4) is 0 Å². The van der Waals surface area contributed by atoms with Crippen LogP contribution >= 0.6 is 0 Å². The second-order valence-corrected chi connectivity index (χ2v) is 1.91. The van der Waals surface area contributed by atoms with Crippen LogP contribution in [0.15, 0.2) is 0 Å². The van der Waals surface area contributed by atoms with E-state index in [1.165, 1.54) is 0 Å². The molecule has 0 radical (unpaired) electrons. The highest BCUT2D eigenvalue weighted by molar-refractivity contribution is 4.87. The molecule has 1 saturated heterocycles. The summed E-state index contributed by atoms with van der Waals surface area (Å²) in [7, 11) is 0. The number of hydrogen-bond donors (Lipinski definition) is 2. The van der Waals surface area contributed by atoms with Gasteiger partial charge in [-0.3, -0.25) is 0 Å². The molecule has 2 N–H and O–H groups in total. The Labute approximate surface area is 45.5 Å². The van der Waals surface area contributed by atoms with Gasteiger partial charge in [0.05, 0.1) is 6.54 Å². The van der Waals surface area contributed by atoms with Crippen LogP contribution in [0, 0.1) is 0 Å². The molecular weight excluding hydrogens is 116 g/mol. The van der Waals surface area contributed by atoms with Crippen LogP contribution in [0.1, 0.15) is 0 Å². The normalized spacial score (nSPS) is 35.6. The molecule has 0 spiro atoms. The second-order valence-electron chi connectivity index (χ2n) is 1.91. The molecule has 1 atom stereocenters. The molecule has 0 aromatic heterocycles. The van der Waals surface area contributed by atoms with E-state index in [4.69, 9.17) is 5.11 Å². The largest absolute Gasteiger partial charge is 0.385 e. The van der Waals surface area contributed by atoms with Gasteiger partial charge in [-0.25, -0.2) is 8.78 Å². The van der Waals surface area contributed by atoms with Crippen molar-refractivity contribution in [1.29, 1.82) is 0 Å². The zero-order valence-corrected chi connectivity index (χ0v) is 4.19. The zero-order valence-electron chi connectivity index (χ0n) is 4.19. The van der Waals surface area contributed by atoms with Crippen molar-refractivity contribution in [2.75, 3.05) is 13.1 Å². The molecule has 1 aliphatic rings. The quantitative estimate of drug-likeness (QED) is 0.458. The third-order valence-corrected chi connectivity index (χ3v) is 1.19. The van der Waals surface area contributed by atoms with Gasteiger partial charge in [-0.15, -0.1) is 0 Å². The van der Waals surface area contributed by atoms with E-state index in [0.717, 1.165) is 0 Å². The van der Waals surface area contributed by atoms with Crippen LogP contribution in [0.3, 0.4) is 0 Å². The lowest BCUT2D eigenvalue weighted by Crippen LogP contribution is -2.30. The van der Waals surface area contributed by atoms with E-state index >= 15 is 0 Å². The Hall–Kier alpha value is -0.220. The van der Waals surface area contributed by atoms with Crippen molar-refractivity contribution in [2.24, 2.45) is 0 Å². The highest BCUT2D eigenvalue weighted by atomic mass is 19.3. The maximum absolute atomic E-state index is 12.0. The molecule has 8 heavy (non-hydrogen) atoms. The van der Waals surface area contributed by atoms with Crippen molar-refractivity contribution in [3.63, 3.8) is 0 Å². The Balaban J connectivity index is 2.54. The molecule has 0 amide bonds. The van der Waals surface area contributed by atoms with Gasteiger partial charge in [0.2, 0.25) is 0 Å². The minimum atomic E-state index is -2.90. The molecule has 4 heteroatoms. The first kappa shape index (κ1) is 5.91. The lowest BCUT2D eigenvalue weighted by atomic mass is 10.2. The molecule has 0 aromatic carbocycles. The maximum atomic E-state index is 12.0. The molecular formula is C4H7F2NO. The predicted octanol–water partition coefficient (Wildman–Crippen LogP) is -0.414. The summed E-state index contributed by atoms with van der Waals surface area (Å²) in [4.78, 5) is 0. The van der Waals surface area contributed by atoms with Crippen molar-refractivity contribution in [1.82, 2.24) is 5.32 Å². The first-order valence-corrected chi connectivity index (χ1v) is 2.39.